The number of esters is 1. The van der Waals surface area contributed by atoms with E-state index in [0.717, 1.165) is 25.7 Å². The highest BCUT2D eigenvalue weighted by Gasteiger charge is 2.38. The van der Waals surface area contributed by atoms with Crippen molar-refractivity contribution in [2.45, 2.75) is 57.7 Å². The average Bonchev–Trinajstić information content (AvgIpc) is 3.58. The van der Waals surface area contributed by atoms with E-state index in [0.29, 0.717) is 25.4 Å². The van der Waals surface area contributed by atoms with E-state index < -0.39 is 29.9 Å². The van der Waals surface area contributed by atoms with Crippen LogP contribution >= 0.6 is 0 Å². The summed E-state index contributed by atoms with van der Waals surface area (Å²) in [5, 5.41) is 15.7. The van der Waals surface area contributed by atoms with E-state index in [9.17, 15) is 19.2 Å². The second-order valence-electron chi connectivity index (χ2n) is 9.31. The quantitative estimate of drug-likeness (QED) is 0.146. The second kappa shape index (κ2) is 13.5. The number of nitrogens with two attached hydrogens (primary N) is 1. The maximum atomic E-state index is 13.4. The Morgan fingerprint density at radius 3 is 2.70 bits per heavy atom. The molecule has 37 heavy (non-hydrogen) atoms. The van der Waals surface area contributed by atoms with Crippen LogP contribution in [0.2, 0.25) is 0 Å². The third kappa shape index (κ3) is 8.99. The molecule has 1 aliphatic heterocycles. The normalized spacial score (nSPS) is 17.9. The molecule has 3 rings (SSSR count). The summed E-state index contributed by atoms with van der Waals surface area (Å²) >= 11 is 0. The molecule has 1 saturated carbocycles. The van der Waals surface area contributed by atoms with E-state index in [4.69, 9.17) is 20.3 Å². The minimum Gasteiger partial charge on any atom is -0.467 e. The number of urea groups is 1. The van der Waals surface area contributed by atoms with Gasteiger partial charge in [-0.05, 0) is 50.7 Å². The van der Waals surface area contributed by atoms with Crippen LogP contribution in [0.5, 0.6) is 0 Å². The maximum Gasteiger partial charge on any atom is 0.325 e. The number of guanidine groups is 1. The molecule has 0 aromatic carbocycles. The van der Waals surface area contributed by atoms with Crippen molar-refractivity contribution in [3.63, 3.8) is 0 Å². The maximum absolute atomic E-state index is 13.4. The largest absolute Gasteiger partial charge is 0.467 e. The van der Waals surface area contributed by atoms with Gasteiger partial charge < -0.3 is 40.6 Å². The fraction of sp³-hybridized carbons (Fsp3) is 0.625. The van der Waals surface area contributed by atoms with E-state index in [1.54, 1.807) is 24.0 Å². The summed E-state index contributed by atoms with van der Waals surface area (Å²) < 4.78 is 10.2. The Balaban J connectivity index is 1.61. The Bertz CT molecular complexity index is 949. The third-order valence-electron chi connectivity index (χ3n) is 6.32. The van der Waals surface area contributed by atoms with Crippen LogP contribution in [-0.4, -0.2) is 84.4 Å². The van der Waals surface area contributed by atoms with Gasteiger partial charge in [0.2, 0.25) is 11.8 Å². The summed E-state index contributed by atoms with van der Waals surface area (Å²) in [5.74, 6) is -0.804. The third-order valence-corrected chi connectivity index (χ3v) is 6.32. The van der Waals surface area contributed by atoms with Gasteiger partial charge in [-0.2, -0.15) is 0 Å². The summed E-state index contributed by atoms with van der Waals surface area (Å²) in [6, 6.07) is 1.44. The van der Waals surface area contributed by atoms with Crippen molar-refractivity contribution in [2.75, 3.05) is 32.8 Å². The number of nitrogens with one attached hydrogen (secondary N) is 4. The van der Waals surface area contributed by atoms with Gasteiger partial charge in [0.15, 0.2) is 5.96 Å². The Kier molecular flexibility index (Phi) is 10.2. The lowest BCUT2D eigenvalue weighted by Gasteiger charge is -2.33. The first kappa shape index (κ1) is 27.8. The molecule has 1 saturated heterocycles. The highest BCUT2D eigenvalue weighted by atomic mass is 16.5. The number of piperidine rings is 1. The highest BCUT2D eigenvalue weighted by molar-refractivity contribution is 5.93. The number of furan rings is 1. The number of carbonyl (C=O) groups excluding carboxylic acids is 4. The molecule has 204 valence electrons. The van der Waals surface area contributed by atoms with Crippen molar-refractivity contribution < 1.29 is 28.3 Å². The van der Waals surface area contributed by atoms with Gasteiger partial charge in [-0.15, -0.1) is 0 Å². The van der Waals surface area contributed by atoms with Crippen molar-refractivity contribution in [1.29, 1.82) is 5.41 Å². The van der Waals surface area contributed by atoms with Gasteiger partial charge in [-0.1, -0.05) is 0 Å². The number of ether oxygens (including phenoxy) is 1. The molecule has 2 fully saturated rings. The zero-order chi connectivity index (χ0) is 26.8. The van der Waals surface area contributed by atoms with Gasteiger partial charge in [0.05, 0.1) is 25.8 Å². The number of hydrogen-bond acceptors (Lipinski definition) is 7. The van der Waals surface area contributed by atoms with Crippen LogP contribution < -0.4 is 21.7 Å². The Labute approximate surface area is 215 Å². The van der Waals surface area contributed by atoms with E-state index in [1.807, 2.05) is 0 Å². The molecule has 2 aliphatic rings. The monoisotopic (exact) mass is 519 g/mol. The Morgan fingerprint density at radius 2 is 2.05 bits per heavy atom. The van der Waals surface area contributed by atoms with Crippen LogP contribution in [0.4, 0.5) is 4.79 Å². The lowest BCUT2D eigenvalue weighted by Crippen LogP contribution is -2.54. The number of amides is 4. The van der Waals surface area contributed by atoms with Crippen LogP contribution in [0.3, 0.4) is 0 Å². The number of likely N-dealkylation sites (tertiary alicyclic amines) is 1. The van der Waals surface area contributed by atoms with Crippen LogP contribution in [-0.2, 0) is 25.7 Å². The van der Waals surface area contributed by atoms with Gasteiger partial charge in [-0.25, -0.2) is 4.79 Å². The van der Waals surface area contributed by atoms with Gasteiger partial charge in [-0.3, -0.25) is 19.8 Å². The van der Waals surface area contributed by atoms with E-state index >= 15 is 0 Å². The molecule has 0 radical (unpaired) electrons. The summed E-state index contributed by atoms with van der Waals surface area (Å²) in [6.07, 6.45) is 4.42. The predicted molar refractivity (Wildman–Crippen MR) is 133 cm³/mol. The van der Waals surface area contributed by atoms with E-state index in [-0.39, 0.29) is 44.0 Å². The molecule has 0 bridgehead atoms. The second-order valence-corrected chi connectivity index (χ2v) is 9.31. The van der Waals surface area contributed by atoms with Gasteiger partial charge >= 0.3 is 12.0 Å². The summed E-state index contributed by atoms with van der Waals surface area (Å²) in [4.78, 5) is 54.1. The zero-order valence-electron chi connectivity index (χ0n) is 21.2. The molecule has 0 spiro atoms. The lowest BCUT2D eigenvalue weighted by atomic mass is 9.98. The Morgan fingerprint density at radius 1 is 1.27 bits per heavy atom. The smallest absolute Gasteiger partial charge is 0.325 e. The molecule has 1 aromatic rings. The van der Waals surface area contributed by atoms with Crippen LogP contribution in [0.1, 0.15) is 44.8 Å². The Hall–Kier alpha value is -3.77. The van der Waals surface area contributed by atoms with Crippen molar-refractivity contribution in [3.05, 3.63) is 24.2 Å². The number of rotatable bonds is 12. The lowest BCUT2D eigenvalue weighted by molar-refractivity contribution is -0.150. The van der Waals surface area contributed by atoms with Gasteiger partial charge in [0.1, 0.15) is 18.3 Å². The van der Waals surface area contributed by atoms with E-state index in [1.165, 1.54) is 11.2 Å². The number of carbonyl (C=O) groups is 4. The topological polar surface area (TPSA) is 183 Å². The number of nitrogens with zero attached hydrogens (tertiary/aromatic N) is 2. The van der Waals surface area contributed by atoms with Crippen molar-refractivity contribution in [2.24, 2.45) is 11.7 Å². The minimum atomic E-state index is -1.17. The summed E-state index contributed by atoms with van der Waals surface area (Å²) in [7, 11) is 0. The average molecular weight is 520 g/mol. The van der Waals surface area contributed by atoms with Crippen molar-refractivity contribution >= 4 is 29.8 Å². The van der Waals surface area contributed by atoms with E-state index in [2.05, 4.69) is 16.0 Å². The van der Waals surface area contributed by atoms with Crippen molar-refractivity contribution in [1.82, 2.24) is 25.8 Å². The SMILES string of the molecule is CCOC(=O)CN(C(=O)[C@H](CC(=O)NC[C@@H]1CCCN(C(=N)N)C1)NC(=O)NCc1ccco1)C1CC1. The summed E-state index contributed by atoms with van der Waals surface area (Å²) in [6.45, 7) is 3.38. The van der Waals surface area contributed by atoms with Gasteiger partial charge in [0.25, 0.3) is 0 Å². The molecule has 6 N–H and O–H groups in total. The molecule has 1 aliphatic carbocycles. The molecule has 13 nitrogen and oxygen atoms in total. The molecule has 2 atom stereocenters. The first-order valence-electron chi connectivity index (χ1n) is 12.6. The predicted octanol–water partition coefficient (Wildman–Crippen LogP) is 0.113. The minimum absolute atomic E-state index is 0.00761. The van der Waals surface area contributed by atoms with Crippen molar-refractivity contribution in [3.8, 4) is 0 Å². The molecule has 1 aromatic heterocycles. The summed E-state index contributed by atoms with van der Waals surface area (Å²) in [5.41, 5.74) is 5.59. The zero-order valence-corrected chi connectivity index (χ0v) is 21.2. The standard InChI is InChI=1S/C24H37N7O6/c1-2-36-21(33)15-31(17-7-8-17)22(34)19(29-24(35)28-13-18-6-4-10-37-18)11-20(32)27-12-16-5-3-9-30(14-16)23(25)26/h4,6,10,16-17,19H,2-3,5,7-9,11-15H2,1H3,(H3,25,26)(H,27,32)(H2,28,29,35)/t16-,19-/m0/s1. The van der Waals surface area contributed by atoms with Crippen LogP contribution in [0.25, 0.3) is 0 Å². The first-order valence-corrected chi connectivity index (χ1v) is 12.6. The highest BCUT2D eigenvalue weighted by Crippen LogP contribution is 2.27. The fourth-order valence-corrected chi connectivity index (χ4v) is 4.28. The molecular weight excluding hydrogens is 482 g/mol. The molecule has 4 amide bonds. The first-order chi connectivity index (χ1) is 17.8. The van der Waals surface area contributed by atoms with Crippen LogP contribution in [0, 0.1) is 11.3 Å². The fourth-order valence-electron chi connectivity index (χ4n) is 4.28. The molecule has 2 heterocycles. The number of hydrogen-bond donors (Lipinski definition) is 5. The van der Waals surface area contributed by atoms with Crippen LogP contribution in [0.15, 0.2) is 22.8 Å². The molecule has 0 unspecified atom stereocenters. The molecular formula is C24H37N7O6. The molecule has 13 heteroatoms. The van der Waals surface area contributed by atoms with Gasteiger partial charge in [0, 0.05) is 25.7 Å².